The Bertz CT molecular complexity index is 289. The van der Waals surface area contributed by atoms with Gasteiger partial charge in [-0.2, -0.15) is 0 Å². The van der Waals surface area contributed by atoms with Crippen LogP contribution in [0.2, 0.25) is 0 Å². The number of hydrogen-bond acceptors (Lipinski definition) is 2. The third-order valence-electron chi connectivity index (χ3n) is 3.06. The van der Waals surface area contributed by atoms with Gasteiger partial charge >= 0.3 is 0 Å². The molecular weight excluding hydrogens is 184 g/mol. The highest BCUT2D eigenvalue weighted by Crippen LogP contribution is 2.23. The fourth-order valence-electron chi connectivity index (χ4n) is 1.55. The molecule has 0 bridgehead atoms. The molecule has 0 radical (unpaired) electrons. The Kier molecular flexibility index (Phi) is 4.01. The maximum Gasteiger partial charge on any atom is 0.102 e. The first-order valence-corrected chi connectivity index (χ1v) is 5.63. The van der Waals surface area contributed by atoms with Gasteiger partial charge in [-0.25, -0.2) is 0 Å². The molecular formula is C13H22N2. The summed E-state index contributed by atoms with van der Waals surface area (Å²) in [6, 6.07) is 0. The van der Waals surface area contributed by atoms with Crippen LogP contribution < -0.4 is 5.32 Å². The number of nitrogens with one attached hydrogen (secondary N) is 1. The van der Waals surface area contributed by atoms with E-state index in [9.17, 15) is 0 Å². The smallest absolute Gasteiger partial charge is 0.102 e. The third kappa shape index (κ3) is 3.15. The lowest BCUT2D eigenvalue weighted by Crippen LogP contribution is -2.29. The number of allylic oxidation sites excluding steroid dienone is 1. The van der Waals surface area contributed by atoms with E-state index in [2.05, 4.69) is 38.5 Å². The highest BCUT2D eigenvalue weighted by Gasteiger charge is 2.13. The topological polar surface area (TPSA) is 15.3 Å². The van der Waals surface area contributed by atoms with Gasteiger partial charge in [0.1, 0.15) is 5.82 Å². The van der Waals surface area contributed by atoms with Crippen molar-refractivity contribution in [2.45, 2.75) is 33.1 Å². The zero-order valence-corrected chi connectivity index (χ0v) is 10.1. The Balaban J connectivity index is 2.57. The van der Waals surface area contributed by atoms with Crippen molar-refractivity contribution in [2.24, 2.45) is 5.92 Å². The summed E-state index contributed by atoms with van der Waals surface area (Å²) in [5.41, 5.74) is 2.30. The molecule has 0 aromatic rings. The predicted molar refractivity (Wildman–Crippen MR) is 66.0 cm³/mol. The van der Waals surface area contributed by atoms with Crippen LogP contribution in [0.3, 0.4) is 0 Å². The minimum atomic E-state index is 0.786. The summed E-state index contributed by atoms with van der Waals surface area (Å²) >= 11 is 0. The predicted octanol–water partition coefficient (Wildman–Crippen LogP) is 3.22. The lowest BCUT2D eigenvalue weighted by molar-refractivity contribution is 0.481. The molecule has 2 heteroatoms. The van der Waals surface area contributed by atoms with Crippen molar-refractivity contribution >= 4 is 0 Å². The molecule has 2 nitrogen and oxygen atoms in total. The Morgan fingerprint density at radius 2 is 2.13 bits per heavy atom. The van der Waals surface area contributed by atoms with E-state index < -0.39 is 0 Å². The summed E-state index contributed by atoms with van der Waals surface area (Å²) < 4.78 is 0. The Morgan fingerprint density at radius 1 is 1.47 bits per heavy atom. The van der Waals surface area contributed by atoms with Crippen molar-refractivity contribution < 1.29 is 0 Å². The summed E-state index contributed by atoms with van der Waals surface area (Å²) in [6.45, 7) is 12.4. The maximum atomic E-state index is 4.02. The molecule has 1 atom stereocenters. The third-order valence-corrected chi connectivity index (χ3v) is 3.06. The molecule has 1 unspecified atom stereocenters. The van der Waals surface area contributed by atoms with E-state index in [-0.39, 0.29) is 0 Å². The first kappa shape index (κ1) is 11.9. The van der Waals surface area contributed by atoms with Crippen LogP contribution in [0.4, 0.5) is 0 Å². The molecule has 15 heavy (non-hydrogen) atoms. The van der Waals surface area contributed by atoms with E-state index in [1.54, 1.807) is 0 Å². The summed E-state index contributed by atoms with van der Waals surface area (Å²) in [4.78, 5) is 2.01. The summed E-state index contributed by atoms with van der Waals surface area (Å²) in [5, 5.41) is 3.19. The minimum absolute atomic E-state index is 0.786. The quantitative estimate of drug-likeness (QED) is 0.759. The zero-order valence-electron chi connectivity index (χ0n) is 10.1. The van der Waals surface area contributed by atoms with Crippen molar-refractivity contribution in [1.82, 2.24) is 10.2 Å². The fraction of sp³-hybridized carbons (Fsp3) is 0.538. The molecule has 0 amide bonds. The van der Waals surface area contributed by atoms with Gasteiger partial charge in [0.15, 0.2) is 0 Å². The lowest BCUT2D eigenvalue weighted by Gasteiger charge is -2.28. The zero-order chi connectivity index (χ0) is 11.4. The Labute approximate surface area is 93.4 Å². The normalized spacial score (nSPS) is 18.6. The summed E-state index contributed by atoms with van der Waals surface area (Å²) in [7, 11) is 2.00. The van der Waals surface area contributed by atoms with Crippen molar-refractivity contribution in [3.05, 3.63) is 36.4 Å². The lowest BCUT2D eigenvalue weighted by atomic mass is 9.97. The van der Waals surface area contributed by atoms with Gasteiger partial charge in [-0.05, 0) is 24.3 Å². The average molecular weight is 206 g/mol. The van der Waals surface area contributed by atoms with Crippen LogP contribution in [-0.4, -0.2) is 11.9 Å². The van der Waals surface area contributed by atoms with E-state index in [1.165, 1.54) is 18.4 Å². The molecule has 0 fully saturated rings. The van der Waals surface area contributed by atoms with Crippen LogP contribution in [0.5, 0.6) is 0 Å². The van der Waals surface area contributed by atoms with Crippen LogP contribution in [0, 0.1) is 5.92 Å². The van der Waals surface area contributed by atoms with Gasteiger partial charge < -0.3 is 10.2 Å². The first-order chi connectivity index (χ1) is 7.04. The SMILES string of the molecule is C=C1NC(=C)N(C)C=C1CCC(C)CC. The second-order valence-corrected chi connectivity index (χ2v) is 4.37. The number of nitrogens with zero attached hydrogens (tertiary/aromatic N) is 1. The number of rotatable bonds is 4. The maximum absolute atomic E-state index is 4.02. The van der Waals surface area contributed by atoms with Gasteiger partial charge in [0.2, 0.25) is 0 Å². The Hall–Kier alpha value is -1.18. The van der Waals surface area contributed by atoms with Gasteiger partial charge in [-0.1, -0.05) is 33.4 Å². The molecule has 1 heterocycles. The van der Waals surface area contributed by atoms with Crippen molar-refractivity contribution in [2.75, 3.05) is 7.05 Å². The highest BCUT2D eigenvalue weighted by atomic mass is 15.2. The van der Waals surface area contributed by atoms with E-state index in [4.69, 9.17) is 0 Å². The molecule has 1 aliphatic rings. The van der Waals surface area contributed by atoms with Crippen LogP contribution in [0.1, 0.15) is 33.1 Å². The highest BCUT2D eigenvalue weighted by molar-refractivity contribution is 5.33. The van der Waals surface area contributed by atoms with Crippen molar-refractivity contribution in [1.29, 1.82) is 0 Å². The van der Waals surface area contributed by atoms with Gasteiger partial charge in [-0.3, -0.25) is 0 Å². The fourth-order valence-corrected chi connectivity index (χ4v) is 1.55. The summed E-state index contributed by atoms with van der Waals surface area (Å²) in [5.74, 6) is 1.68. The largest absolute Gasteiger partial charge is 0.342 e. The number of hydrogen-bond donors (Lipinski definition) is 1. The molecule has 0 spiro atoms. The molecule has 1 aliphatic heterocycles. The van der Waals surface area contributed by atoms with Crippen molar-refractivity contribution in [3.8, 4) is 0 Å². The second-order valence-electron chi connectivity index (χ2n) is 4.37. The molecule has 0 aromatic heterocycles. The van der Waals surface area contributed by atoms with E-state index in [1.807, 2.05) is 11.9 Å². The van der Waals surface area contributed by atoms with Crippen LogP contribution in [-0.2, 0) is 0 Å². The summed E-state index contributed by atoms with van der Waals surface area (Å²) in [6.07, 6.45) is 5.70. The van der Waals surface area contributed by atoms with Crippen LogP contribution >= 0.6 is 0 Å². The average Bonchev–Trinajstić information content (AvgIpc) is 2.21. The standard InChI is InChI=1S/C13H22N2/c1-6-10(2)7-8-13-9-15(5)12(4)14-11(13)3/h9-10,14H,3-4,6-8H2,1-2,5H3. The second kappa shape index (κ2) is 5.06. The van der Waals surface area contributed by atoms with Crippen LogP contribution in [0.15, 0.2) is 36.4 Å². The van der Waals surface area contributed by atoms with Gasteiger partial charge in [0.25, 0.3) is 0 Å². The minimum Gasteiger partial charge on any atom is -0.342 e. The van der Waals surface area contributed by atoms with E-state index in [0.29, 0.717) is 0 Å². The molecule has 0 saturated carbocycles. The van der Waals surface area contributed by atoms with Gasteiger partial charge in [0, 0.05) is 18.9 Å². The van der Waals surface area contributed by atoms with Gasteiger partial charge in [-0.15, -0.1) is 0 Å². The molecule has 0 aliphatic carbocycles. The van der Waals surface area contributed by atoms with Crippen molar-refractivity contribution in [3.63, 3.8) is 0 Å². The van der Waals surface area contributed by atoms with Gasteiger partial charge in [0.05, 0.1) is 0 Å². The first-order valence-electron chi connectivity index (χ1n) is 5.63. The molecule has 1 rings (SSSR count). The van der Waals surface area contributed by atoms with Crippen LogP contribution in [0.25, 0.3) is 0 Å². The van der Waals surface area contributed by atoms with E-state index in [0.717, 1.165) is 23.9 Å². The monoisotopic (exact) mass is 206 g/mol. The van der Waals surface area contributed by atoms with E-state index >= 15 is 0 Å². The molecule has 1 N–H and O–H groups in total. The molecule has 0 aromatic carbocycles. The molecule has 84 valence electrons. The Morgan fingerprint density at radius 3 is 2.73 bits per heavy atom. The molecule has 0 saturated heterocycles.